The maximum atomic E-state index is 12.8. The summed E-state index contributed by atoms with van der Waals surface area (Å²) in [6, 6.07) is 7.89. The van der Waals surface area contributed by atoms with Gasteiger partial charge >= 0.3 is 0 Å². The predicted molar refractivity (Wildman–Crippen MR) is 104 cm³/mol. The molecule has 1 amide bonds. The lowest BCUT2D eigenvalue weighted by molar-refractivity contribution is 0.0763. The summed E-state index contributed by atoms with van der Waals surface area (Å²) in [6.45, 7) is 8.87. The van der Waals surface area contributed by atoms with Crippen LogP contribution in [-0.2, 0) is 13.1 Å². The summed E-state index contributed by atoms with van der Waals surface area (Å²) in [5.74, 6) is 3.27. The molecule has 2 aliphatic rings. The lowest BCUT2D eigenvalue weighted by atomic mass is 10.1. The maximum absolute atomic E-state index is 12.8. The third kappa shape index (κ3) is 3.63. The molecule has 0 bridgehead atoms. The molecule has 2 fully saturated rings. The summed E-state index contributed by atoms with van der Waals surface area (Å²) in [4.78, 5) is 17.2. The van der Waals surface area contributed by atoms with Gasteiger partial charge in [0.2, 0.25) is 0 Å². The van der Waals surface area contributed by atoms with Gasteiger partial charge in [0, 0.05) is 31.7 Å². The molecule has 1 aromatic heterocycles. The van der Waals surface area contributed by atoms with Gasteiger partial charge in [-0.3, -0.25) is 9.69 Å². The molecule has 2 heterocycles. The highest BCUT2D eigenvalue weighted by atomic mass is 16.2. The van der Waals surface area contributed by atoms with Gasteiger partial charge in [0.25, 0.3) is 5.91 Å². The molecular formula is C21H29N5O. The minimum absolute atomic E-state index is 0.195. The second-order valence-electron chi connectivity index (χ2n) is 8.15. The summed E-state index contributed by atoms with van der Waals surface area (Å²) in [5, 5.41) is 8.32. The summed E-state index contributed by atoms with van der Waals surface area (Å²) in [5.41, 5.74) is 1.92. The normalized spacial score (nSPS) is 23.7. The number of aryl methyl sites for hydroxylation is 2. The van der Waals surface area contributed by atoms with Gasteiger partial charge in [-0.15, -0.1) is 10.2 Å². The van der Waals surface area contributed by atoms with Crippen molar-refractivity contribution in [3.63, 3.8) is 0 Å². The summed E-state index contributed by atoms with van der Waals surface area (Å²) in [6.07, 6.45) is 2.92. The highest BCUT2D eigenvalue weighted by molar-refractivity contribution is 5.95. The first-order valence-corrected chi connectivity index (χ1v) is 9.98. The molecule has 1 aliphatic carbocycles. The van der Waals surface area contributed by atoms with Crippen LogP contribution in [-0.4, -0.2) is 57.2 Å². The third-order valence-electron chi connectivity index (χ3n) is 6.13. The number of hydrogen-bond acceptors (Lipinski definition) is 4. The van der Waals surface area contributed by atoms with E-state index in [1.165, 1.54) is 0 Å². The van der Waals surface area contributed by atoms with Gasteiger partial charge in [-0.1, -0.05) is 25.1 Å². The van der Waals surface area contributed by atoms with E-state index in [0.29, 0.717) is 17.8 Å². The van der Waals surface area contributed by atoms with Crippen LogP contribution in [0.5, 0.6) is 0 Å². The molecule has 6 nitrogen and oxygen atoms in total. The molecule has 1 aliphatic heterocycles. The number of nitrogens with zero attached hydrogens (tertiary/aromatic N) is 5. The van der Waals surface area contributed by atoms with E-state index in [2.05, 4.69) is 33.6 Å². The summed E-state index contributed by atoms with van der Waals surface area (Å²) < 4.78 is 2.15. The van der Waals surface area contributed by atoms with E-state index in [-0.39, 0.29) is 5.91 Å². The molecule has 1 saturated carbocycles. The van der Waals surface area contributed by atoms with Crippen molar-refractivity contribution < 1.29 is 4.79 Å². The number of hydrogen-bond donors (Lipinski definition) is 0. The Morgan fingerprint density at radius 2 is 2.00 bits per heavy atom. The molecule has 27 heavy (non-hydrogen) atoms. The van der Waals surface area contributed by atoms with E-state index in [1.807, 2.05) is 42.4 Å². The average Bonchev–Trinajstić information content (AvgIpc) is 3.02. The molecule has 0 radical (unpaired) electrons. The lowest BCUT2D eigenvalue weighted by Crippen LogP contribution is -2.34. The molecule has 144 valence electrons. The van der Waals surface area contributed by atoms with E-state index in [1.54, 1.807) is 0 Å². The number of aromatic nitrogens is 3. The first-order valence-electron chi connectivity index (χ1n) is 9.98. The van der Waals surface area contributed by atoms with E-state index >= 15 is 0 Å². The third-order valence-corrected chi connectivity index (χ3v) is 6.13. The van der Waals surface area contributed by atoms with Crippen molar-refractivity contribution in [3.05, 3.63) is 47.5 Å². The number of rotatable bonds is 7. The zero-order valence-electron chi connectivity index (χ0n) is 16.5. The number of carbonyl (C=O) groups excluding carboxylic acids is 1. The van der Waals surface area contributed by atoms with Crippen molar-refractivity contribution in [2.24, 2.45) is 17.8 Å². The molecule has 6 heteroatoms. The fourth-order valence-corrected chi connectivity index (χ4v) is 4.56. The Morgan fingerprint density at radius 1 is 1.26 bits per heavy atom. The van der Waals surface area contributed by atoms with Crippen LogP contribution in [0.3, 0.4) is 0 Å². The van der Waals surface area contributed by atoms with Crippen LogP contribution in [0.4, 0.5) is 0 Å². The molecule has 1 unspecified atom stereocenters. The highest BCUT2D eigenvalue weighted by Crippen LogP contribution is 2.52. The average molecular weight is 367 g/mol. The highest BCUT2D eigenvalue weighted by Gasteiger charge is 2.56. The Kier molecular flexibility index (Phi) is 5.00. The zero-order chi connectivity index (χ0) is 19.0. The largest absolute Gasteiger partial charge is 0.338 e. The predicted octanol–water partition coefficient (Wildman–Crippen LogP) is 2.45. The fraction of sp³-hybridized carbons (Fsp3) is 0.571. The Hall–Kier alpha value is -2.21. The minimum Gasteiger partial charge on any atom is -0.338 e. The second kappa shape index (κ2) is 7.43. The molecular weight excluding hydrogens is 338 g/mol. The van der Waals surface area contributed by atoms with Crippen LogP contribution in [0.2, 0.25) is 0 Å². The Bertz CT molecular complexity index is 804. The van der Waals surface area contributed by atoms with Gasteiger partial charge in [0.05, 0.1) is 6.54 Å². The fourth-order valence-electron chi connectivity index (χ4n) is 4.56. The summed E-state index contributed by atoms with van der Waals surface area (Å²) >= 11 is 0. The molecule has 3 atom stereocenters. The number of likely N-dealkylation sites (tertiary alicyclic amines) is 1. The van der Waals surface area contributed by atoms with Crippen LogP contribution in [0.1, 0.15) is 35.1 Å². The number of piperidine rings is 1. The molecule has 1 saturated heterocycles. The molecule has 0 spiro atoms. The van der Waals surface area contributed by atoms with Crippen molar-refractivity contribution in [1.82, 2.24) is 24.6 Å². The Balaban J connectivity index is 1.28. The smallest absolute Gasteiger partial charge is 0.254 e. The van der Waals surface area contributed by atoms with Gasteiger partial charge in [0.15, 0.2) is 0 Å². The first-order chi connectivity index (χ1) is 13.1. The van der Waals surface area contributed by atoms with E-state index in [4.69, 9.17) is 0 Å². The van der Waals surface area contributed by atoms with Gasteiger partial charge in [0.1, 0.15) is 12.2 Å². The van der Waals surface area contributed by atoms with Crippen LogP contribution in [0, 0.1) is 24.7 Å². The SMILES string of the molecule is CCCn1cnnc1CN(C)CC1[C@H]2CN(C(=O)c3ccccc3C)C[C@@H]12. The number of benzene rings is 1. The Morgan fingerprint density at radius 3 is 2.70 bits per heavy atom. The zero-order valence-corrected chi connectivity index (χ0v) is 16.5. The van der Waals surface area contributed by atoms with Crippen LogP contribution in [0.15, 0.2) is 30.6 Å². The standard InChI is InChI=1S/C21H29N5O/c1-4-9-25-14-22-23-20(25)13-24(3)10-17-18-11-26(12-19(17)18)21(27)16-8-6-5-7-15(16)2/h5-8,14,17-19H,4,9-13H2,1-3H3/t17?,18-,19+. The molecule has 0 N–H and O–H groups in total. The van der Waals surface area contributed by atoms with Crippen LogP contribution in [0.25, 0.3) is 0 Å². The van der Waals surface area contributed by atoms with Gasteiger partial charge < -0.3 is 9.47 Å². The van der Waals surface area contributed by atoms with Gasteiger partial charge in [-0.05, 0) is 49.8 Å². The van der Waals surface area contributed by atoms with Gasteiger partial charge in [-0.25, -0.2) is 0 Å². The van der Waals surface area contributed by atoms with Crippen molar-refractivity contribution >= 4 is 5.91 Å². The lowest BCUT2D eigenvalue weighted by Gasteiger charge is -2.23. The molecule has 1 aromatic carbocycles. The second-order valence-corrected chi connectivity index (χ2v) is 8.15. The minimum atomic E-state index is 0.195. The monoisotopic (exact) mass is 367 g/mol. The van der Waals surface area contributed by atoms with Crippen molar-refractivity contribution in [3.8, 4) is 0 Å². The quantitative estimate of drug-likeness (QED) is 0.754. The summed E-state index contributed by atoms with van der Waals surface area (Å²) in [7, 11) is 2.16. The van der Waals surface area contributed by atoms with Gasteiger partial charge in [-0.2, -0.15) is 0 Å². The topological polar surface area (TPSA) is 54.3 Å². The van der Waals surface area contributed by atoms with Crippen LogP contribution >= 0.6 is 0 Å². The van der Waals surface area contributed by atoms with E-state index < -0.39 is 0 Å². The van der Waals surface area contributed by atoms with Crippen LogP contribution < -0.4 is 0 Å². The maximum Gasteiger partial charge on any atom is 0.254 e. The molecule has 4 rings (SSSR count). The van der Waals surface area contributed by atoms with Crippen molar-refractivity contribution in [2.45, 2.75) is 33.4 Å². The number of carbonyl (C=O) groups is 1. The van der Waals surface area contributed by atoms with Crippen molar-refractivity contribution in [2.75, 3.05) is 26.7 Å². The molecule has 2 aromatic rings. The number of fused-ring (bicyclic) bond motifs is 1. The van der Waals surface area contributed by atoms with E-state index in [9.17, 15) is 4.79 Å². The van der Waals surface area contributed by atoms with E-state index in [0.717, 1.165) is 56.1 Å². The Labute approximate surface area is 161 Å². The number of amides is 1. The van der Waals surface area contributed by atoms with Crippen molar-refractivity contribution in [1.29, 1.82) is 0 Å². The first kappa shape index (κ1) is 18.2.